The van der Waals surface area contributed by atoms with Crippen LogP contribution in [0.2, 0.25) is 0 Å². The Labute approximate surface area is 251 Å². The van der Waals surface area contributed by atoms with Crippen molar-refractivity contribution in [1.82, 2.24) is 16.0 Å². The molecule has 0 bridgehead atoms. The average Bonchev–Trinajstić information content (AvgIpc) is 3.39. The zero-order valence-corrected chi connectivity index (χ0v) is 25.9. The molecular weight excluding hydrogens is 610 g/mol. The Balaban J connectivity index is 1.85. The molecule has 4 N–H and O–H groups in total. The average molecular weight is 646 g/mol. The summed E-state index contributed by atoms with van der Waals surface area (Å²) in [4.78, 5) is 25.3. The Morgan fingerprint density at radius 3 is 2.36 bits per heavy atom. The normalized spacial score (nSPS) is 16.6. The van der Waals surface area contributed by atoms with Crippen LogP contribution >= 0.6 is 11.6 Å². The van der Waals surface area contributed by atoms with Gasteiger partial charge in [0.25, 0.3) is 0 Å². The second-order valence-corrected chi connectivity index (χ2v) is 15.0. The van der Waals surface area contributed by atoms with Gasteiger partial charge in [-0.15, -0.1) is 11.6 Å². The quantitative estimate of drug-likeness (QED) is 0.160. The molecule has 0 aromatic heterocycles. The second-order valence-electron chi connectivity index (χ2n) is 10.6. The van der Waals surface area contributed by atoms with E-state index >= 15 is 0 Å². The first-order chi connectivity index (χ1) is 19.6. The molecule has 2 aromatic carbocycles. The van der Waals surface area contributed by atoms with Crippen molar-refractivity contribution in [3.63, 3.8) is 0 Å². The largest absolute Gasteiger partial charge is 0.454 e. The van der Waals surface area contributed by atoms with Crippen LogP contribution in [-0.4, -0.2) is 88.0 Å². The second kappa shape index (κ2) is 13.6. The molecule has 12 nitrogen and oxygen atoms in total. The van der Waals surface area contributed by atoms with Crippen LogP contribution in [0.4, 0.5) is 0 Å². The van der Waals surface area contributed by atoms with Gasteiger partial charge in [-0.2, -0.15) is 0 Å². The van der Waals surface area contributed by atoms with Crippen LogP contribution in [0.15, 0.2) is 53.4 Å². The van der Waals surface area contributed by atoms with Gasteiger partial charge in [0.15, 0.2) is 21.3 Å². The van der Waals surface area contributed by atoms with Crippen molar-refractivity contribution >= 4 is 43.1 Å². The number of aliphatic hydroxyl groups is 1. The monoisotopic (exact) mass is 645 g/mol. The van der Waals surface area contributed by atoms with Gasteiger partial charge in [-0.25, -0.2) is 16.8 Å². The van der Waals surface area contributed by atoms with Crippen molar-refractivity contribution in [3.8, 4) is 11.5 Å². The van der Waals surface area contributed by atoms with Gasteiger partial charge in [-0.1, -0.05) is 37.3 Å². The molecule has 0 radical (unpaired) electrons. The highest BCUT2D eigenvalue weighted by molar-refractivity contribution is 7.91. The zero-order chi connectivity index (χ0) is 31.2. The van der Waals surface area contributed by atoms with E-state index in [-0.39, 0.29) is 36.8 Å². The number of carbonyl (C=O) groups excluding carboxylic acids is 2. The van der Waals surface area contributed by atoms with E-state index in [0.29, 0.717) is 5.75 Å². The summed E-state index contributed by atoms with van der Waals surface area (Å²) in [5.41, 5.74) is -2.29. The predicted octanol–water partition coefficient (Wildman–Crippen LogP) is 0.763. The smallest absolute Gasteiger partial charge is 0.245 e. The maximum atomic E-state index is 13.4. The molecule has 1 heterocycles. The van der Waals surface area contributed by atoms with E-state index in [2.05, 4.69) is 16.0 Å². The maximum Gasteiger partial charge on any atom is 0.245 e. The van der Waals surface area contributed by atoms with Gasteiger partial charge in [0.05, 0.1) is 27.7 Å². The number of alkyl halides is 1. The summed E-state index contributed by atoms with van der Waals surface area (Å²) in [7, 11) is -7.68. The lowest BCUT2D eigenvalue weighted by atomic mass is 9.95. The van der Waals surface area contributed by atoms with Crippen LogP contribution in [0, 0.1) is 0 Å². The van der Waals surface area contributed by atoms with Gasteiger partial charge < -0.3 is 25.2 Å². The summed E-state index contributed by atoms with van der Waals surface area (Å²) in [5, 5.41) is 19.5. The van der Waals surface area contributed by atoms with Crippen molar-refractivity contribution in [1.29, 1.82) is 0 Å². The minimum absolute atomic E-state index is 0.0205. The molecule has 3 atom stereocenters. The van der Waals surface area contributed by atoms with Gasteiger partial charge in [-0.3, -0.25) is 14.9 Å². The van der Waals surface area contributed by atoms with Crippen LogP contribution in [-0.2, 0) is 35.7 Å². The van der Waals surface area contributed by atoms with Crippen molar-refractivity contribution in [2.24, 2.45) is 0 Å². The molecule has 15 heteroatoms. The summed E-state index contributed by atoms with van der Waals surface area (Å²) < 4.78 is 61.0. The lowest BCUT2D eigenvalue weighted by molar-refractivity contribution is -0.129. The van der Waals surface area contributed by atoms with Gasteiger partial charge >= 0.3 is 0 Å². The summed E-state index contributed by atoms with van der Waals surface area (Å²) >= 11 is 5.57. The highest BCUT2D eigenvalue weighted by Gasteiger charge is 2.38. The third-order valence-electron chi connectivity index (χ3n) is 6.57. The minimum atomic E-state index is -3.99. The molecule has 0 spiro atoms. The van der Waals surface area contributed by atoms with E-state index in [0.717, 1.165) is 11.8 Å². The molecule has 2 amide bonds. The first kappa shape index (κ1) is 33.6. The molecule has 42 heavy (non-hydrogen) atoms. The number of hydrogen-bond acceptors (Lipinski definition) is 10. The Hall–Kier alpha value is -2.91. The predicted molar refractivity (Wildman–Crippen MR) is 157 cm³/mol. The topological polar surface area (TPSA) is 177 Å². The molecule has 1 aliphatic heterocycles. The van der Waals surface area contributed by atoms with Gasteiger partial charge in [0.1, 0.15) is 21.8 Å². The summed E-state index contributed by atoms with van der Waals surface area (Å²) in [6, 6.07) is 11.8. The maximum absolute atomic E-state index is 13.4. The summed E-state index contributed by atoms with van der Waals surface area (Å²) in [6.07, 6.45) is 1.37. The van der Waals surface area contributed by atoms with E-state index in [9.17, 15) is 31.5 Å². The van der Waals surface area contributed by atoms with Crippen LogP contribution in [0.5, 0.6) is 11.5 Å². The molecule has 1 aliphatic rings. The fraction of sp³-hybridized carbons (Fsp3) is 0.481. The molecule has 0 saturated carbocycles. The molecule has 0 fully saturated rings. The first-order valence-electron chi connectivity index (χ1n) is 13.1. The summed E-state index contributed by atoms with van der Waals surface area (Å²) in [5.74, 6) is -2.62. The van der Waals surface area contributed by atoms with E-state index in [1.165, 1.54) is 25.1 Å². The van der Waals surface area contributed by atoms with Crippen LogP contribution in [0.1, 0.15) is 25.8 Å². The SMILES string of the molecule is CC[C@](Cc1ccccc1)(NC[C@@](C)(O)CS(=O)(=O)c1ccc2c(c1)OCO2)NC(=O)[C@@H](CS(C)(=O)=O)NC(=O)CCl. The number of ether oxygens (including phenoxy) is 2. The standard InChI is InChI=1S/C27H36ClN3O9S2/c1-4-27(13-19-8-6-5-7-9-19,31-25(33)21(15-41(3,35)36)30-24(32)14-28)29-16-26(2,34)17-42(37,38)20-10-11-22-23(12-20)40-18-39-22/h5-12,21,29,34H,4,13-18H2,1-3H3,(H,30,32)(H,31,33)/t21-,26-,27+/m1/s1. The molecule has 0 unspecified atom stereocenters. The van der Waals surface area contributed by atoms with Crippen molar-refractivity contribution < 1.29 is 41.0 Å². The number of carbonyl (C=O) groups is 2. The lowest BCUT2D eigenvalue weighted by Crippen LogP contribution is -2.66. The first-order valence-corrected chi connectivity index (χ1v) is 17.3. The van der Waals surface area contributed by atoms with E-state index in [4.69, 9.17) is 21.1 Å². The van der Waals surface area contributed by atoms with Gasteiger partial charge in [-0.05, 0) is 31.0 Å². The Kier molecular flexibility index (Phi) is 10.9. The highest BCUT2D eigenvalue weighted by atomic mass is 35.5. The van der Waals surface area contributed by atoms with Crippen LogP contribution in [0.25, 0.3) is 0 Å². The van der Waals surface area contributed by atoms with E-state index in [1.807, 2.05) is 18.2 Å². The number of hydrogen-bond donors (Lipinski definition) is 4. The van der Waals surface area contributed by atoms with Crippen molar-refractivity contribution in [3.05, 3.63) is 54.1 Å². The Morgan fingerprint density at radius 1 is 1.07 bits per heavy atom. The number of nitrogens with one attached hydrogen (secondary N) is 3. The molecule has 0 saturated heterocycles. The third-order valence-corrected chi connectivity index (χ3v) is 9.72. The third kappa shape index (κ3) is 9.56. The van der Waals surface area contributed by atoms with Crippen LogP contribution < -0.4 is 25.4 Å². The molecule has 0 aliphatic carbocycles. The minimum Gasteiger partial charge on any atom is -0.454 e. The molecule has 3 rings (SSSR count). The Bertz CT molecular complexity index is 1490. The number of amides is 2. The number of fused-ring (bicyclic) bond motifs is 1. The van der Waals surface area contributed by atoms with E-state index in [1.54, 1.807) is 19.1 Å². The number of rotatable bonds is 15. The van der Waals surface area contributed by atoms with Crippen molar-refractivity contribution in [2.75, 3.05) is 37.0 Å². The Morgan fingerprint density at radius 2 is 1.74 bits per heavy atom. The molecule has 232 valence electrons. The van der Waals surface area contributed by atoms with Gasteiger partial charge in [0, 0.05) is 25.3 Å². The van der Waals surface area contributed by atoms with Crippen molar-refractivity contribution in [2.45, 2.75) is 48.9 Å². The fourth-order valence-electron chi connectivity index (χ4n) is 4.45. The number of sulfone groups is 2. The van der Waals surface area contributed by atoms with Gasteiger partial charge in [0.2, 0.25) is 18.6 Å². The summed E-state index contributed by atoms with van der Waals surface area (Å²) in [6.45, 7) is 2.81. The fourth-order valence-corrected chi connectivity index (χ4v) is 7.02. The molecular formula is C27H36ClN3O9S2. The number of benzene rings is 2. The van der Waals surface area contributed by atoms with Crippen LogP contribution in [0.3, 0.4) is 0 Å². The zero-order valence-electron chi connectivity index (χ0n) is 23.6. The molecule has 2 aromatic rings. The van der Waals surface area contributed by atoms with E-state index < -0.39 is 66.2 Å². The lowest BCUT2D eigenvalue weighted by Gasteiger charge is -2.39. The highest BCUT2D eigenvalue weighted by Crippen LogP contribution is 2.34. The number of halogens is 1.